The Morgan fingerprint density at radius 1 is 1.06 bits per heavy atom. The number of aromatic amines is 1. The van der Waals surface area contributed by atoms with E-state index in [1.54, 1.807) is 30.1 Å². The normalized spacial score (nSPS) is 11.5. The largest absolute Gasteiger partial charge is 0.489 e. The van der Waals surface area contributed by atoms with Crippen molar-refractivity contribution in [2.45, 2.75) is 39.3 Å². The Hall–Kier alpha value is -3.45. The van der Waals surface area contributed by atoms with Crippen LogP contribution in [0.3, 0.4) is 0 Å². The molecule has 7 heteroatoms. The molecule has 6 nitrogen and oxygen atoms in total. The van der Waals surface area contributed by atoms with Crippen molar-refractivity contribution in [1.82, 2.24) is 14.9 Å². The molecule has 2 heterocycles. The van der Waals surface area contributed by atoms with Crippen LogP contribution in [-0.4, -0.2) is 27.8 Å². The molecule has 0 saturated heterocycles. The van der Waals surface area contributed by atoms with Gasteiger partial charge in [-0.05, 0) is 52.3 Å². The zero-order chi connectivity index (χ0) is 23.6. The molecule has 4 rings (SSSR count). The van der Waals surface area contributed by atoms with Crippen molar-refractivity contribution in [2.24, 2.45) is 0 Å². The number of hydrogen-bond acceptors (Lipinski definition) is 5. The minimum atomic E-state index is -0.178. The highest BCUT2D eigenvalue weighted by atomic mass is 32.1. The van der Waals surface area contributed by atoms with Crippen LogP contribution in [0.4, 0.5) is 0 Å². The van der Waals surface area contributed by atoms with E-state index in [2.05, 4.69) is 42.9 Å². The third-order valence-corrected chi connectivity index (χ3v) is 6.33. The summed E-state index contributed by atoms with van der Waals surface area (Å²) in [6, 6.07) is 17.3. The maximum atomic E-state index is 12.8. The number of rotatable bonds is 6. The van der Waals surface area contributed by atoms with Crippen LogP contribution in [0.5, 0.6) is 5.75 Å². The Morgan fingerprint density at radius 3 is 2.42 bits per heavy atom. The van der Waals surface area contributed by atoms with Crippen molar-refractivity contribution >= 4 is 27.5 Å². The second-order valence-corrected chi connectivity index (χ2v) is 9.98. The number of H-pyrrole nitrogens is 1. The Labute approximate surface area is 196 Å². The molecule has 0 aliphatic carbocycles. The summed E-state index contributed by atoms with van der Waals surface area (Å²) in [5.74, 6) is 1.13. The summed E-state index contributed by atoms with van der Waals surface area (Å²) in [6.07, 6.45) is 0. The molecule has 33 heavy (non-hydrogen) atoms. The molecule has 1 N–H and O–H groups in total. The number of carbonyl (C=O) groups is 1. The molecule has 0 atom stereocenters. The number of nitrogens with one attached hydrogen (secondary N) is 1. The number of hydrogen-bond donors (Lipinski definition) is 1. The second-order valence-electron chi connectivity index (χ2n) is 9.07. The predicted molar refractivity (Wildman–Crippen MR) is 132 cm³/mol. The van der Waals surface area contributed by atoms with Gasteiger partial charge in [-0.3, -0.25) is 9.59 Å². The van der Waals surface area contributed by atoms with Crippen molar-refractivity contribution in [1.29, 1.82) is 0 Å². The van der Waals surface area contributed by atoms with Crippen LogP contribution in [0, 0.1) is 0 Å². The third kappa shape index (κ3) is 5.31. The van der Waals surface area contributed by atoms with Crippen molar-refractivity contribution in [3.63, 3.8) is 0 Å². The van der Waals surface area contributed by atoms with Crippen molar-refractivity contribution in [3.8, 4) is 5.75 Å². The summed E-state index contributed by atoms with van der Waals surface area (Å²) in [7, 11) is 1.69. The monoisotopic (exact) mass is 461 g/mol. The zero-order valence-corrected chi connectivity index (χ0v) is 20.0. The van der Waals surface area contributed by atoms with Crippen molar-refractivity contribution in [2.75, 3.05) is 7.05 Å². The van der Waals surface area contributed by atoms with Gasteiger partial charge < -0.3 is 14.6 Å². The minimum absolute atomic E-state index is 0.107. The molecule has 0 radical (unpaired) electrons. The quantitative estimate of drug-likeness (QED) is 0.432. The van der Waals surface area contributed by atoms with E-state index in [4.69, 9.17) is 4.74 Å². The van der Waals surface area contributed by atoms with Gasteiger partial charge in [-0.2, -0.15) is 0 Å². The first kappa shape index (κ1) is 22.7. The van der Waals surface area contributed by atoms with E-state index in [-0.39, 0.29) is 23.4 Å². The number of benzene rings is 2. The minimum Gasteiger partial charge on any atom is -0.489 e. The Balaban J connectivity index is 1.36. The van der Waals surface area contributed by atoms with E-state index in [1.807, 2.05) is 29.6 Å². The van der Waals surface area contributed by atoms with E-state index in [0.717, 1.165) is 11.3 Å². The van der Waals surface area contributed by atoms with E-state index in [1.165, 1.54) is 16.9 Å². The molecule has 1 amide bonds. The van der Waals surface area contributed by atoms with Crippen LogP contribution in [0.2, 0.25) is 0 Å². The lowest BCUT2D eigenvalue weighted by molar-refractivity contribution is 0.0781. The average Bonchev–Trinajstić information content (AvgIpc) is 3.26. The zero-order valence-electron chi connectivity index (χ0n) is 19.2. The van der Waals surface area contributed by atoms with Crippen molar-refractivity contribution < 1.29 is 9.53 Å². The Kier molecular flexibility index (Phi) is 6.33. The highest BCUT2D eigenvalue weighted by Gasteiger charge is 2.15. The lowest BCUT2D eigenvalue weighted by atomic mass is 9.87. The van der Waals surface area contributed by atoms with E-state index in [0.29, 0.717) is 28.2 Å². The summed E-state index contributed by atoms with van der Waals surface area (Å²) in [4.78, 5) is 33.7. The number of amides is 1. The maximum Gasteiger partial charge on any atom is 0.268 e. The molecule has 0 aliphatic heterocycles. The highest BCUT2D eigenvalue weighted by Crippen LogP contribution is 2.24. The topological polar surface area (TPSA) is 75.3 Å². The molecular weight excluding hydrogens is 434 g/mol. The molecule has 170 valence electrons. The van der Waals surface area contributed by atoms with Gasteiger partial charge in [0.25, 0.3) is 11.5 Å². The second kappa shape index (κ2) is 9.19. The van der Waals surface area contributed by atoms with Gasteiger partial charge in [0.1, 0.15) is 22.9 Å². The molecule has 0 bridgehead atoms. The molecule has 0 spiro atoms. The molecule has 2 aromatic heterocycles. The van der Waals surface area contributed by atoms with E-state index in [9.17, 15) is 9.59 Å². The number of carbonyl (C=O) groups excluding carboxylic acids is 1. The van der Waals surface area contributed by atoms with Crippen molar-refractivity contribution in [3.05, 3.63) is 92.8 Å². The Bertz CT molecular complexity index is 1320. The van der Waals surface area contributed by atoms with Crippen LogP contribution in [-0.2, 0) is 18.6 Å². The van der Waals surface area contributed by atoms with Crippen LogP contribution >= 0.6 is 11.3 Å². The Morgan fingerprint density at radius 2 is 1.76 bits per heavy atom. The van der Waals surface area contributed by atoms with Gasteiger partial charge in [0.2, 0.25) is 0 Å². The fraction of sp³-hybridized carbons (Fsp3) is 0.269. The standard InChI is InChI=1S/C26H27N3O3S/c1-26(2,3)19-9-11-20(12-10-19)32-16-17-5-7-18(8-6-17)25(31)29(4)15-22-27-21-13-14-33-23(21)24(30)28-22/h5-14H,15-16H2,1-4H3,(H,27,28,30). The van der Waals surface area contributed by atoms with E-state index < -0.39 is 0 Å². The van der Waals surface area contributed by atoms with Gasteiger partial charge in [0.05, 0.1) is 12.1 Å². The summed E-state index contributed by atoms with van der Waals surface area (Å²) < 4.78 is 6.48. The molecule has 4 aromatic rings. The first-order valence-electron chi connectivity index (χ1n) is 10.7. The van der Waals surface area contributed by atoms with Gasteiger partial charge in [-0.1, -0.05) is 45.0 Å². The summed E-state index contributed by atoms with van der Waals surface area (Å²) in [6.45, 7) is 7.18. The third-order valence-electron chi connectivity index (χ3n) is 5.42. The van der Waals surface area contributed by atoms with Crippen LogP contribution in [0.1, 0.15) is 48.1 Å². The lowest BCUT2D eigenvalue weighted by Gasteiger charge is -2.19. The van der Waals surface area contributed by atoms with Gasteiger partial charge in [-0.25, -0.2) is 4.98 Å². The number of thiophene rings is 1. The first-order chi connectivity index (χ1) is 15.7. The molecule has 0 fully saturated rings. The summed E-state index contributed by atoms with van der Waals surface area (Å²) in [5.41, 5.74) is 3.38. The van der Waals surface area contributed by atoms with E-state index >= 15 is 0 Å². The highest BCUT2D eigenvalue weighted by molar-refractivity contribution is 7.17. The van der Waals surface area contributed by atoms with Gasteiger partial charge in [0.15, 0.2) is 0 Å². The van der Waals surface area contributed by atoms with Gasteiger partial charge in [0, 0.05) is 12.6 Å². The average molecular weight is 462 g/mol. The molecule has 0 unspecified atom stereocenters. The summed E-state index contributed by atoms with van der Waals surface area (Å²) >= 11 is 1.35. The maximum absolute atomic E-state index is 12.8. The van der Waals surface area contributed by atoms with Crippen LogP contribution < -0.4 is 10.3 Å². The first-order valence-corrected chi connectivity index (χ1v) is 11.6. The SMILES string of the molecule is CN(Cc1nc2ccsc2c(=O)[nH]1)C(=O)c1ccc(COc2ccc(C(C)(C)C)cc2)cc1. The van der Waals surface area contributed by atoms with Crippen LogP contribution in [0.25, 0.3) is 10.2 Å². The summed E-state index contributed by atoms with van der Waals surface area (Å²) in [5, 5.41) is 1.83. The fourth-order valence-corrected chi connectivity index (χ4v) is 4.20. The van der Waals surface area contributed by atoms with Gasteiger partial charge in [-0.15, -0.1) is 11.3 Å². The number of aromatic nitrogens is 2. The number of nitrogens with zero attached hydrogens (tertiary/aromatic N) is 2. The fourth-order valence-electron chi connectivity index (χ4n) is 3.47. The lowest BCUT2D eigenvalue weighted by Crippen LogP contribution is -2.28. The van der Waals surface area contributed by atoms with Crippen LogP contribution in [0.15, 0.2) is 64.8 Å². The molecule has 2 aromatic carbocycles. The van der Waals surface area contributed by atoms with Gasteiger partial charge >= 0.3 is 0 Å². The predicted octanol–water partition coefficient (Wildman–Crippen LogP) is 5.13. The molecular formula is C26H27N3O3S. The molecule has 0 aliphatic rings. The molecule has 0 saturated carbocycles. The number of fused-ring (bicyclic) bond motifs is 1. The number of ether oxygens (including phenoxy) is 1. The smallest absolute Gasteiger partial charge is 0.268 e.